The van der Waals surface area contributed by atoms with Gasteiger partial charge in [-0.25, -0.2) is 4.39 Å². The molecule has 0 radical (unpaired) electrons. The van der Waals surface area contributed by atoms with Crippen LogP contribution in [0, 0.1) is 12.7 Å². The summed E-state index contributed by atoms with van der Waals surface area (Å²) in [4.78, 5) is 4.04. The monoisotopic (exact) mass is 251 g/mol. The van der Waals surface area contributed by atoms with Crippen molar-refractivity contribution in [3.8, 4) is 0 Å². The molecule has 4 heteroatoms. The zero-order chi connectivity index (χ0) is 12.4. The van der Waals surface area contributed by atoms with Crippen LogP contribution in [0.1, 0.15) is 22.9 Å². The molecular weight excluding hydrogens is 241 g/mol. The summed E-state index contributed by atoms with van der Waals surface area (Å²) in [6, 6.07) is 7.57. The van der Waals surface area contributed by atoms with Crippen molar-refractivity contribution in [3.63, 3.8) is 0 Å². The Morgan fingerprint density at radius 3 is 2.65 bits per heavy atom. The maximum absolute atomic E-state index is 13.0. The first-order valence-corrected chi connectivity index (χ1v) is 5.51. The van der Waals surface area contributed by atoms with E-state index in [9.17, 15) is 9.50 Å². The fraction of sp³-hybridized carbons (Fsp3) is 0.154. The first-order valence-electron chi connectivity index (χ1n) is 5.13. The highest BCUT2D eigenvalue weighted by Crippen LogP contribution is 2.24. The Balaban J connectivity index is 2.36. The lowest BCUT2D eigenvalue weighted by Gasteiger charge is -2.13. The summed E-state index contributed by atoms with van der Waals surface area (Å²) in [6.45, 7) is 1.75. The molecule has 0 spiro atoms. The molecule has 0 amide bonds. The van der Waals surface area contributed by atoms with Crippen LogP contribution in [0.2, 0.25) is 5.02 Å². The minimum atomic E-state index is -0.868. The number of aryl methyl sites for hydroxylation is 1. The van der Waals surface area contributed by atoms with Gasteiger partial charge < -0.3 is 5.11 Å². The van der Waals surface area contributed by atoms with Crippen molar-refractivity contribution in [2.45, 2.75) is 13.0 Å². The molecule has 0 saturated carbocycles. The summed E-state index contributed by atoms with van der Waals surface area (Å²) >= 11 is 5.72. The molecule has 2 rings (SSSR count). The van der Waals surface area contributed by atoms with Crippen molar-refractivity contribution in [1.29, 1.82) is 0 Å². The Morgan fingerprint density at radius 1 is 1.29 bits per heavy atom. The Labute approximate surface area is 104 Å². The van der Waals surface area contributed by atoms with E-state index in [2.05, 4.69) is 4.98 Å². The normalized spacial score (nSPS) is 12.5. The zero-order valence-electron chi connectivity index (χ0n) is 9.19. The number of halogens is 2. The van der Waals surface area contributed by atoms with E-state index in [1.54, 1.807) is 25.1 Å². The van der Waals surface area contributed by atoms with Crippen LogP contribution >= 0.6 is 11.6 Å². The van der Waals surface area contributed by atoms with Gasteiger partial charge in [0.25, 0.3) is 0 Å². The number of aliphatic hydroxyl groups is 1. The topological polar surface area (TPSA) is 33.1 Å². The lowest BCUT2D eigenvalue weighted by atomic mass is 10.0. The lowest BCUT2D eigenvalue weighted by molar-refractivity contribution is 0.214. The summed E-state index contributed by atoms with van der Waals surface area (Å²) in [5, 5.41) is 10.6. The molecule has 2 nitrogen and oxygen atoms in total. The minimum Gasteiger partial charge on any atom is -0.382 e. The van der Waals surface area contributed by atoms with Crippen LogP contribution in [0.3, 0.4) is 0 Å². The Morgan fingerprint density at radius 2 is 2.06 bits per heavy atom. The summed E-state index contributed by atoms with van der Waals surface area (Å²) < 4.78 is 13.0. The highest BCUT2D eigenvalue weighted by molar-refractivity contribution is 6.30. The number of hydrogen-bond donors (Lipinski definition) is 1. The van der Waals surface area contributed by atoms with Gasteiger partial charge >= 0.3 is 0 Å². The zero-order valence-corrected chi connectivity index (χ0v) is 9.95. The molecule has 1 atom stereocenters. The van der Waals surface area contributed by atoms with E-state index >= 15 is 0 Å². The summed E-state index contributed by atoms with van der Waals surface area (Å²) in [6.07, 6.45) is 0.603. The average molecular weight is 252 g/mol. The predicted octanol–water partition coefficient (Wildman–Crippen LogP) is 3.26. The van der Waals surface area contributed by atoms with Crippen LogP contribution in [0.25, 0.3) is 0 Å². The average Bonchev–Trinajstić information content (AvgIpc) is 2.29. The lowest BCUT2D eigenvalue weighted by Crippen LogP contribution is -2.04. The number of pyridine rings is 1. The standard InChI is InChI=1S/C13H11ClFNO/c1-8-6-10(15)3-4-11(8)13(17)12-5-2-9(14)7-16-12/h2-7,13,17H,1H3. The fourth-order valence-corrected chi connectivity index (χ4v) is 1.77. The van der Waals surface area contributed by atoms with Gasteiger partial charge in [-0.1, -0.05) is 17.7 Å². The molecule has 0 fully saturated rings. The molecule has 17 heavy (non-hydrogen) atoms. The molecule has 0 aliphatic heterocycles. The first kappa shape index (κ1) is 12.0. The first-order chi connectivity index (χ1) is 8.08. The van der Waals surface area contributed by atoms with Crippen LogP contribution in [-0.4, -0.2) is 10.1 Å². The predicted molar refractivity (Wildman–Crippen MR) is 64.4 cm³/mol. The van der Waals surface area contributed by atoms with E-state index in [0.717, 1.165) is 0 Å². The third kappa shape index (κ3) is 2.62. The quantitative estimate of drug-likeness (QED) is 0.889. The van der Waals surface area contributed by atoms with Crippen molar-refractivity contribution in [2.24, 2.45) is 0 Å². The molecule has 0 aliphatic carbocycles. The third-order valence-electron chi connectivity index (χ3n) is 2.56. The van der Waals surface area contributed by atoms with Crippen LogP contribution in [0.5, 0.6) is 0 Å². The minimum absolute atomic E-state index is 0.317. The van der Waals surface area contributed by atoms with Crippen molar-refractivity contribution in [1.82, 2.24) is 4.98 Å². The second kappa shape index (κ2) is 4.82. The molecule has 0 aliphatic rings. The van der Waals surface area contributed by atoms with Gasteiger partial charge in [-0.2, -0.15) is 0 Å². The smallest absolute Gasteiger partial charge is 0.123 e. The molecule has 1 unspecified atom stereocenters. The summed E-state index contributed by atoms with van der Waals surface area (Å²) in [5.74, 6) is -0.317. The highest BCUT2D eigenvalue weighted by atomic mass is 35.5. The Bertz CT molecular complexity index is 527. The molecule has 1 aromatic carbocycles. The molecular formula is C13H11ClFNO. The van der Waals surface area contributed by atoms with Crippen LogP contribution in [-0.2, 0) is 0 Å². The number of rotatable bonds is 2. The van der Waals surface area contributed by atoms with Gasteiger partial charge in [-0.3, -0.25) is 4.98 Å². The summed E-state index contributed by atoms with van der Waals surface area (Å²) in [5.41, 5.74) is 1.82. The van der Waals surface area contributed by atoms with E-state index in [1.165, 1.54) is 18.3 Å². The second-order valence-electron chi connectivity index (χ2n) is 3.80. The van der Waals surface area contributed by atoms with Crippen molar-refractivity contribution in [2.75, 3.05) is 0 Å². The molecule has 1 N–H and O–H groups in total. The van der Waals surface area contributed by atoms with Crippen LogP contribution < -0.4 is 0 Å². The van der Waals surface area contributed by atoms with Gasteiger partial charge in [0.1, 0.15) is 11.9 Å². The van der Waals surface area contributed by atoms with Crippen molar-refractivity contribution < 1.29 is 9.50 Å². The van der Waals surface area contributed by atoms with Crippen LogP contribution in [0.4, 0.5) is 4.39 Å². The van der Waals surface area contributed by atoms with Gasteiger partial charge in [-0.05, 0) is 42.3 Å². The van der Waals surface area contributed by atoms with Gasteiger partial charge in [0.05, 0.1) is 10.7 Å². The van der Waals surface area contributed by atoms with E-state index in [1.807, 2.05) is 0 Å². The molecule has 2 aromatic rings. The summed E-state index contributed by atoms with van der Waals surface area (Å²) in [7, 11) is 0. The fourth-order valence-electron chi connectivity index (χ4n) is 1.65. The second-order valence-corrected chi connectivity index (χ2v) is 4.24. The van der Waals surface area contributed by atoms with E-state index in [0.29, 0.717) is 21.8 Å². The van der Waals surface area contributed by atoms with Crippen molar-refractivity contribution in [3.05, 3.63) is 64.2 Å². The number of aromatic nitrogens is 1. The number of nitrogens with zero attached hydrogens (tertiary/aromatic N) is 1. The molecule has 0 saturated heterocycles. The third-order valence-corrected chi connectivity index (χ3v) is 2.78. The number of hydrogen-bond acceptors (Lipinski definition) is 2. The highest BCUT2D eigenvalue weighted by Gasteiger charge is 2.14. The van der Waals surface area contributed by atoms with Gasteiger partial charge in [0, 0.05) is 6.20 Å². The van der Waals surface area contributed by atoms with Gasteiger partial charge in [-0.15, -0.1) is 0 Å². The van der Waals surface area contributed by atoms with Crippen LogP contribution in [0.15, 0.2) is 36.5 Å². The Hall–Kier alpha value is -1.45. The molecule has 0 bridgehead atoms. The van der Waals surface area contributed by atoms with E-state index in [-0.39, 0.29) is 5.82 Å². The maximum Gasteiger partial charge on any atom is 0.123 e. The van der Waals surface area contributed by atoms with Crippen molar-refractivity contribution >= 4 is 11.6 Å². The number of benzene rings is 1. The number of aliphatic hydroxyl groups excluding tert-OH is 1. The SMILES string of the molecule is Cc1cc(F)ccc1C(O)c1ccc(Cl)cn1. The molecule has 1 aromatic heterocycles. The van der Waals surface area contributed by atoms with Gasteiger partial charge in [0.2, 0.25) is 0 Å². The maximum atomic E-state index is 13.0. The van der Waals surface area contributed by atoms with E-state index < -0.39 is 6.10 Å². The van der Waals surface area contributed by atoms with E-state index in [4.69, 9.17) is 11.6 Å². The largest absolute Gasteiger partial charge is 0.382 e. The molecule has 88 valence electrons. The molecule has 1 heterocycles. The Kier molecular flexibility index (Phi) is 3.41. The van der Waals surface area contributed by atoms with Gasteiger partial charge in [0.15, 0.2) is 0 Å².